The van der Waals surface area contributed by atoms with Crippen LogP contribution in [0.5, 0.6) is 0 Å². The fourth-order valence-electron chi connectivity index (χ4n) is 2.15. The zero-order chi connectivity index (χ0) is 16.3. The Morgan fingerprint density at radius 2 is 2.04 bits per heavy atom. The summed E-state index contributed by atoms with van der Waals surface area (Å²) in [5.41, 5.74) is 0.966. The molecule has 3 aromatic rings. The van der Waals surface area contributed by atoms with Crippen LogP contribution in [0.3, 0.4) is 0 Å². The van der Waals surface area contributed by atoms with Gasteiger partial charge in [0.25, 0.3) is 0 Å². The van der Waals surface area contributed by atoms with E-state index in [9.17, 15) is 8.42 Å². The van der Waals surface area contributed by atoms with Crippen molar-refractivity contribution in [1.82, 2.24) is 10.3 Å². The van der Waals surface area contributed by atoms with Gasteiger partial charge in [-0.15, -0.1) is 11.3 Å². The van der Waals surface area contributed by atoms with E-state index in [1.807, 2.05) is 36.4 Å². The number of thiazole rings is 1. The van der Waals surface area contributed by atoms with Gasteiger partial charge in [-0.05, 0) is 24.3 Å². The molecular formula is C16H18N2O3S2. The molecule has 5 nitrogen and oxygen atoms in total. The molecule has 0 spiro atoms. The van der Waals surface area contributed by atoms with Crippen LogP contribution in [0.25, 0.3) is 21.0 Å². The van der Waals surface area contributed by atoms with E-state index in [1.165, 1.54) is 0 Å². The molecule has 0 atom stereocenters. The number of hydrogen-bond acceptors (Lipinski definition) is 6. The number of furan rings is 1. The van der Waals surface area contributed by atoms with Crippen LogP contribution in [0.15, 0.2) is 40.8 Å². The summed E-state index contributed by atoms with van der Waals surface area (Å²) < 4.78 is 29.8. The minimum Gasteiger partial charge on any atom is -0.457 e. The van der Waals surface area contributed by atoms with E-state index in [0.29, 0.717) is 13.1 Å². The normalized spacial score (nSPS) is 12.0. The van der Waals surface area contributed by atoms with Gasteiger partial charge in [0.05, 0.1) is 22.5 Å². The van der Waals surface area contributed by atoms with E-state index in [-0.39, 0.29) is 11.5 Å². The highest BCUT2D eigenvalue weighted by molar-refractivity contribution is 7.91. The molecule has 23 heavy (non-hydrogen) atoms. The lowest BCUT2D eigenvalue weighted by atomic mass is 10.3. The van der Waals surface area contributed by atoms with Crippen LogP contribution in [0, 0.1) is 0 Å². The maximum Gasteiger partial charge on any atom is 0.163 e. The molecule has 0 aliphatic heterocycles. The minimum atomic E-state index is -2.93. The largest absolute Gasteiger partial charge is 0.457 e. The van der Waals surface area contributed by atoms with Crippen LogP contribution in [0.2, 0.25) is 0 Å². The lowest BCUT2D eigenvalue weighted by molar-refractivity contribution is 0.497. The summed E-state index contributed by atoms with van der Waals surface area (Å²) in [4.78, 5) is 4.56. The van der Waals surface area contributed by atoms with Gasteiger partial charge < -0.3 is 9.73 Å². The number of nitrogens with one attached hydrogen (secondary N) is 1. The number of fused-ring (bicyclic) bond motifs is 1. The standard InChI is InChI=1S/C16H18N2O3S2/c1-2-23(19,20)10-9-17-11-12-7-8-14(21-12)16-18-13-5-3-4-6-15(13)22-16/h3-8,17H,2,9-11H2,1H3. The maximum absolute atomic E-state index is 11.4. The average molecular weight is 350 g/mol. The van der Waals surface area contributed by atoms with Gasteiger partial charge in [0.15, 0.2) is 20.6 Å². The maximum atomic E-state index is 11.4. The third-order valence-corrected chi connectivity index (χ3v) is 6.25. The van der Waals surface area contributed by atoms with Crippen molar-refractivity contribution >= 4 is 31.4 Å². The second-order valence-corrected chi connectivity index (χ2v) is 8.67. The van der Waals surface area contributed by atoms with Crippen molar-refractivity contribution < 1.29 is 12.8 Å². The number of benzene rings is 1. The Morgan fingerprint density at radius 1 is 1.22 bits per heavy atom. The third kappa shape index (κ3) is 3.99. The van der Waals surface area contributed by atoms with E-state index < -0.39 is 9.84 Å². The number of hydrogen-bond donors (Lipinski definition) is 1. The number of nitrogens with zero attached hydrogens (tertiary/aromatic N) is 1. The van der Waals surface area contributed by atoms with Crippen molar-refractivity contribution in [3.05, 3.63) is 42.2 Å². The van der Waals surface area contributed by atoms with Gasteiger partial charge in [0.1, 0.15) is 5.76 Å². The lowest BCUT2D eigenvalue weighted by Gasteiger charge is -2.02. The fourth-order valence-corrected chi connectivity index (χ4v) is 3.82. The monoisotopic (exact) mass is 350 g/mol. The first kappa shape index (κ1) is 16.2. The summed E-state index contributed by atoms with van der Waals surface area (Å²) in [7, 11) is -2.93. The van der Waals surface area contributed by atoms with E-state index in [0.717, 1.165) is 26.7 Å². The molecule has 3 rings (SSSR count). The van der Waals surface area contributed by atoms with Crippen LogP contribution >= 0.6 is 11.3 Å². The molecule has 0 saturated carbocycles. The van der Waals surface area contributed by atoms with Crippen LogP contribution in [-0.2, 0) is 16.4 Å². The fraction of sp³-hybridized carbons (Fsp3) is 0.312. The molecule has 0 bridgehead atoms. The van der Waals surface area contributed by atoms with Crippen LogP contribution in [-0.4, -0.2) is 31.5 Å². The number of rotatable bonds is 7. The highest BCUT2D eigenvalue weighted by Gasteiger charge is 2.11. The zero-order valence-corrected chi connectivity index (χ0v) is 14.4. The topological polar surface area (TPSA) is 72.2 Å². The highest BCUT2D eigenvalue weighted by atomic mass is 32.2. The Bertz CT molecular complexity index is 864. The van der Waals surface area contributed by atoms with Gasteiger partial charge in [0.2, 0.25) is 0 Å². The van der Waals surface area contributed by atoms with Crippen LogP contribution in [0.1, 0.15) is 12.7 Å². The van der Waals surface area contributed by atoms with Crippen LogP contribution < -0.4 is 5.32 Å². The average Bonchev–Trinajstić information content (AvgIpc) is 3.18. The van der Waals surface area contributed by atoms with Gasteiger partial charge in [-0.1, -0.05) is 19.1 Å². The smallest absolute Gasteiger partial charge is 0.163 e. The Morgan fingerprint density at radius 3 is 2.83 bits per heavy atom. The summed E-state index contributed by atoms with van der Waals surface area (Å²) in [6.45, 7) is 2.59. The molecule has 1 aromatic carbocycles. The van der Waals surface area contributed by atoms with Crippen molar-refractivity contribution in [3.63, 3.8) is 0 Å². The second-order valence-electron chi connectivity index (χ2n) is 5.17. The molecule has 2 heterocycles. The van der Waals surface area contributed by atoms with Crippen LogP contribution in [0.4, 0.5) is 0 Å². The molecule has 0 amide bonds. The molecule has 2 aromatic heterocycles. The zero-order valence-electron chi connectivity index (χ0n) is 12.8. The van der Waals surface area contributed by atoms with E-state index >= 15 is 0 Å². The van der Waals surface area contributed by atoms with Gasteiger partial charge >= 0.3 is 0 Å². The molecular weight excluding hydrogens is 332 g/mol. The Labute approximate surface area is 139 Å². The van der Waals surface area contributed by atoms with E-state index in [4.69, 9.17) is 4.42 Å². The predicted molar refractivity (Wildman–Crippen MR) is 93.4 cm³/mol. The first-order chi connectivity index (χ1) is 11.1. The number of aromatic nitrogens is 1. The van der Waals surface area contributed by atoms with Crippen molar-refractivity contribution in [2.45, 2.75) is 13.5 Å². The van der Waals surface area contributed by atoms with Gasteiger partial charge in [-0.25, -0.2) is 13.4 Å². The quantitative estimate of drug-likeness (QED) is 0.663. The van der Waals surface area contributed by atoms with Gasteiger partial charge in [-0.2, -0.15) is 0 Å². The third-order valence-electron chi connectivity index (χ3n) is 3.50. The van der Waals surface area contributed by atoms with E-state index in [2.05, 4.69) is 10.3 Å². The molecule has 0 aliphatic carbocycles. The molecule has 0 radical (unpaired) electrons. The number of para-hydroxylation sites is 1. The number of sulfone groups is 1. The first-order valence-electron chi connectivity index (χ1n) is 7.43. The summed E-state index contributed by atoms with van der Waals surface area (Å²) in [6.07, 6.45) is 0. The summed E-state index contributed by atoms with van der Waals surface area (Å²) >= 11 is 1.59. The lowest BCUT2D eigenvalue weighted by Crippen LogP contribution is -2.23. The van der Waals surface area contributed by atoms with Crippen molar-refractivity contribution in [2.24, 2.45) is 0 Å². The molecule has 1 N–H and O–H groups in total. The summed E-state index contributed by atoms with van der Waals surface area (Å²) in [5, 5.41) is 3.95. The van der Waals surface area contributed by atoms with Crippen molar-refractivity contribution in [2.75, 3.05) is 18.1 Å². The molecule has 7 heteroatoms. The second kappa shape index (κ2) is 6.82. The minimum absolute atomic E-state index is 0.148. The highest BCUT2D eigenvalue weighted by Crippen LogP contribution is 2.30. The Hall–Kier alpha value is -1.70. The Kier molecular flexibility index (Phi) is 4.79. The summed E-state index contributed by atoms with van der Waals surface area (Å²) in [5.74, 6) is 1.84. The predicted octanol–water partition coefficient (Wildman–Crippen LogP) is 3.08. The molecule has 0 aliphatic rings. The van der Waals surface area contributed by atoms with Crippen molar-refractivity contribution in [3.8, 4) is 10.8 Å². The van der Waals surface area contributed by atoms with Crippen molar-refractivity contribution in [1.29, 1.82) is 0 Å². The van der Waals surface area contributed by atoms with E-state index in [1.54, 1.807) is 18.3 Å². The SMILES string of the molecule is CCS(=O)(=O)CCNCc1ccc(-c2nc3ccccc3s2)o1. The molecule has 0 saturated heterocycles. The molecule has 0 unspecified atom stereocenters. The molecule has 0 fully saturated rings. The first-order valence-corrected chi connectivity index (χ1v) is 10.1. The Balaban J connectivity index is 1.62. The van der Waals surface area contributed by atoms with Gasteiger partial charge in [0, 0.05) is 12.3 Å². The van der Waals surface area contributed by atoms with Gasteiger partial charge in [-0.3, -0.25) is 0 Å². The molecule has 122 valence electrons. The summed E-state index contributed by atoms with van der Waals surface area (Å²) in [6, 6.07) is 11.8.